The average Bonchev–Trinajstić information content (AvgIpc) is 2.13. The van der Waals surface area contributed by atoms with Crippen LogP contribution < -0.4 is 5.32 Å². The van der Waals surface area contributed by atoms with E-state index in [1.54, 1.807) is 4.90 Å². The van der Waals surface area contributed by atoms with Crippen LogP contribution >= 0.6 is 0 Å². The monoisotopic (exact) mass is 238 g/mol. The zero-order valence-corrected chi connectivity index (χ0v) is 9.47. The Morgan fingerprint density at radius 2 is 2.06 bits per heavy atom. The molecule has 0 aliphatic carbocycles. The maximum Gasteiger partial charge on any atom is 0.401 e. The van der Waals surface area contributed by atoms with Crippen LogP contribution in [0.25, 0.3) is 0 Å². The van der Waals surface area contributed by atoms with E-state index in [2.05, 4.69) is 5.32 Å². The maximum absolute atomic E-state index is 12.0. The van der Waals surface area contributed by atoms with Gasteiger partial charge in [-0.15, -0.1) is 0 Å². The number of nitrogens with one attached hydrogen (secondary N) is 1. The molecule has 1 aliphatic rings. The standard InChI is InChI=1S/C10H17F3N2O/c1-7-3-9(14-6-10(11,12)13)5-15(4-7)8(2)16/h7,9,14H,3-6H2,1-2H3. The second-order valence-corrected chi connectivity index (χ2v) is 4.46. The summed E-state index contributed by atoms with van der Waals surface area (Å²) in [5, 5.41) is 2.46. The zero-order valence-electron chi connectivity index (χ0n) is 9.47. The van der Waals surface area contributed by atoms with Gasteiger partial charge in [-0.05, 0) is 12.3 Å². The van der Waals surface area contributed by atoms with Crippen LogP contribution in [-0.2, 0) is 4.79 Å². The molecule has 94 valence electrons. The lowest BCUT2D eigenvalue weighted by molar-refractivity contribution is -0.133. The fourth-order valence-corrected chi connectivity index (χ4v) is 2.02. The molecule has 1 heterocycles. The Morgan fingerprint density at radius 3 is 2.56 bits per heavy atom. The maximum atomic E-state index is 12.0. The summed E-state index contributed by atoms with van der Waals surface area (Å²) in [6, 6.07) is -0.255. The van der Waals surface area contributed by atoms with Gasteiger partial charge >= 0.3 is 6.18 Å². The summed E-state index contributed by atoms with van der Waals surface area (Å²) >= 11 is 0. The second kappa shape index (κ2) is 5.03. The summed E-state index contributed by atoms with van der Waals surface area (Å²) in [5.41, 5.74) is 0. The Bertz CT molecular complexity index is 255. The van der Waals surface area contributed by atoms with Crippen LogP contribution in [0.3, 0.4) is 0 Å². The van der Waals surface area contributed by atoms with Gasteiger partial charge in [-0.25, -0.2) is 0 Å². The first-order chi connectivity index (χ1) is 7.28. The Hall–Kier alpha value is -0.780. The van der Waals surface area contributed by atoms with Crippen LogP contribution in [0.5, 0.6) is 0 Å². The summed E-state index contributed by atoms with van der Waals surface area (Å²) in [6.07, 6.45) is -3.51. The highest BCUT2D eigenvalue weighted by Gasteiger charge is 2.31. The normalized spacial score (nSPS) is 26.9. The van der Waals surface area contributed by atoms with E-state index in [1.807, 2.05) is 6.92 Å². The van der Waals surface area contributed by atoms with Crippen LogP contribution in [0.2, 0.25) is 0 Å². The molecule has 1 rings (SSSR count). The fourth-order valence-electron chi connectivity index (χ4n) is 2.02. The third kappa shape index (κ3) is 4.38. The molecule has 3 nitrogen and oxygen atoms in total. The lowest BCUT2D eigenvalue weighted by Crippen LogP contribution is -2.51. The van der Waals surface area contributed by atoms with Crippen molar-refractivity contribution in [1.29, 1.82) is 0 Å². The third-order valence-corrected chi connectivity index (χ3v) is 2.70. The molecule has 1 N–H and O–H groups in total. The van der Waals surface area contributed by atoms with E-state index >= 15 is 0 Å². The van der Waals surface area contributed by atoms with Gasteiger partial charge in [-0.3, -0.25) is 4.79 Å². The van der Waals surface area contributed by atoms with Crippen molar-refractivity contribution in [3.8, 4) is 0 Å². The van der Waals surface area contributed by atoms with E-state index in [4.69, 9.17) is 0 Å². The lowest BCUT2D eigenvalue weighted by atomic mass is 9.96. The Morgan fingerprint density at radius 1 is 1.44 bits per heavy atom. The second-order valence-electron chi connectivity index (χ2n) is 4.46. The van der Waals surface area contributed by atoms with Gasteiger partial charge in [0.25, 0.3) is 0 Å². The summed E-state index contributed by atoms with van der Waals surface area (Å²) in [5.74, 6) is 0.161. The molecule has 2 atom stereocenters. The summed E-state index contributed by atoms with van der Waals surface area (Å²) in [4.78, 5) is 12.8. The molecule has 0 spiro atoms. The van der Waals surface area contributed by atoms with E-state index in [9.17, 15) is 18.0 Å². The van der Waals surface area contributed by atoms with Crippen molar-refractivity contribution in [3.63, 3.8) is 0 Å². The van der Waals surface area contributed by atoms with E-state index < -0.39 is 12.7 Å². The molecule has 16 heavy (non-hydrogen) atoms. The van der Waals surface area contributed by atoms with Gasteiger partial charge in [0, 0.05) is 26.1 Å². The molecule has 6 heteroatoms. The predicted molar refractivity (Wildman–Crippen MR) is 53.9 cm³/mol. The Labute approximate surface area is 93.0 Å². The molecular formula is C10H17F3N2O. The minimum Gasteiger partial charge on any atom is -0.341 e. The van der Waals surface area contributed by atoms with Gasteiger partial charge in [0.15, 0.2) is 0 Å². The van der Waals surface area contributed by atoms with E-state index in [-0.39, 0.29) is 17.9 Å². The number of likely N-dealkylation sites (tertiary alicyclic amines) is 1. The van der Waals surface area contributed by atoms with Gasteiger partial charge in [0.2, 0.25) is 5.91 Å². The Kier molecular flexibility index (Phi) is 4.18. The van der Waals surface area contributed by atoms with Crippen molar-refractivity contribution < 1.29 is 18.0 Å². The topological polar surface area (TPSA) is 32.3 Å². The molecule has 1 saturated heterocycles. The van der Waals surface area contributed by atoms with Crippen LogP contribution in [0.1, 0.15) is 20.3 Å². The number of halogens is 3. The molecule has 0 aromatic rings. The summed E-state index contributed by atoms with van der Waals surface area (Å²) in [7, 11) is 0. The first-order valence-electron chi connectivity index (χ1n) is 5.33. The number of amides is 1. The van der Waals surface area contributed by atoms with Gasteiger partial charge < -0.3 is 10.2 Å². The van der Waals surface area contributed by atoms with Crippen molar-refractivity contribution in [1.82, 2.24) is 10.2 Å². The van der Waals surface area contributed by atoms with Gasteiger partial charge in [-0.1, -0.05) is 6.92 Å². The Balaban J connectivity index is 2.45. The number of carbonyl (C=O) groups excluding carboxylic acids is 1. The number of hydrogen-bond donors (Lipinski definition) is 1. The van der Waals surface area contributed by atoms with Crippen LogP contribution in [-0.4, -0.2) is 42.7 Å². The van der Waals surface area contributed by atoms with Crippen LogP contribution in [0.4, 0.5) is 13.2 Å². The third-order valence-electron chi connectivity index (χ3n) is 2.70. The first-order valence-corrected chi connectivity index (χ1v) is 5.33. The minimum absolute atomic E-state index is 0.0784. The number of carbonyl (C=O) groups is 1. The quantitative estimate of drug-likeness (QED) is 0.788. The van der Waals surface area contributed by atoms with Crippen LogP contribution in [0, 0.1) is 5.92 Å². The van der Waals surface area contributed by atoms with Crippen molar-refractivity contribution in [2.45, 2.75) is 32.5 Å². The number of hydrogen-bond acceptors (Lipinski definition) is 2. The molecule has 1 aliphatic heterocycles. The fraction of sp³-hybridized carbons (Fsp3) is 0.900. The van der Waals surface area contributed by atoms with E-state index in [0.29, 0.717) is 19.5 Å². The smallest absolute Gasteiger partial charge is 0.341 e. The molecule has 1 amide bonds. The highest BCUT2D eigenvalue weighted by Crippen LogP contribution is 2.18. The number of piperidine rings is 1. The molecule has 2 unspecified atom stereocenters. The summed E-state index contributed by atoms with van der Waals surface area (Å²) in [6.45, 7) is 3.40. The predicted octanol–water partition coefficient (Wildman–Crippen LogP) is 1.40. The van der Waals surface area contributed by atoms with Gasteiger partial charge in [0.05, 0.1) is 6.54 Å². The zero-order chi connectivity index (χ0) is 12.3. The van der Waals surface area contributed by atoms with Gasteiger partial charge in [-0.2, -0.15) is 13.2 Å². The molecule has 0 radical (unpaired) electrons. The van der Waals surface area contributed by atoms with E-state index in [0.717, 1.165) is 0 Å². The SMILES string of the molecule is CC(=O)N1CC(C)CC(NCC(F)(F)F)C1. The van der Waals surface area contributed by atoms with Gasteiger partial charge in [0.1, 0.15) is 0 Å². The number of rotatable bonds is 2. The van der Waals surface area contributed by atoms with Crippen molar-refractivity contribution in [2.75, 3.05) is 19.6 Å². The lowest BCUT2D eigenvalue weighted by Gasteiger charge is -2.36. The molecule has 0 aromatic heterocycles. The molecular weight excluding hydrogens is 221 g/mol. The van der Waals surface area contributed by atoms with Crippen molar-refractivity contribution in [3.05, 3.63) is 0 Å². The molecule has 0 bridgehead atoms. The van der Waals surface area contributed by atoms with E-state index in [1.165, 1.54) is 6.92 Å². The number of nitrogens with zero attached hydrogens (tertiary/aromatic N) is 1. The van der Waals surface area contributed by atoms with Crippen molar-refractivity contribution >= 4 is 5.91 Å². The van der Waals surface area contributed by atoms with Crippen molar-refractivity contribution in [2.24, 2.45) is 5.92 Å². The average molecular weight is 238 g/mol. The number of alkyl halides is 3. The highest BCUT2D eigenvalue weighted by atomic mass is 19.4. The molecule has 0 saturated carbocycles. The summed E-state index contributed by atoms with van der Waals surface area (Å²) < 4.78 is 36.1. The van der Waals surface area contributed by atoms with Crippen LogP contribution in [0.15, 0.2) is 0 Å². The molecule has 0 aromatic carbocycles. The largest absolute Gasteiger partial charge is 0.401 e. The minimum atomic E-state index is -4.19. The highest BCUT2D eigenvalue weighted by molar-refractivity contribution is 5.73. The molecule has 1 fully saturated rings. The first kappa shape index (κ1) is 13.3.